The summed E-state index contributed by atoms with van der Waals surface area (Å²) in [4.78, 5) is 2.45. The molecule has 2 nitrogen and oxygen atoms in total. The molecule has 0 amide bonds. The van der Waals surface area contributed by atoms with Gasteiger partial charge in [0.25, 0.3) is 0 Å². The highest BCUT2D eigenvalue weighted by molar-refractivity contribution is 6.09. The summed E-state index contributed by atoms with van der Waals surface area (Å²) in [5, 5.41) is 2.25. The molecule has 0 bridgehead atoms. The quantitative estimate of drug-likeness (QED) is 0.152. The number of anilines is 3. The van der Waals surface area contributed by atoms with Crippen LogP contribution in [-0.2, 0) is 5.41 Å². The lowest BCUT2D eigenvalue weighted by atomic mass is 9.81. The van der Waals surface area contributed by atoms with E-state index in [9.17, 15) is 0 Å². The molecule has 0 saturated carbocycles. The van der Waals surface area contributed by atoms with Gasteiger partial charge in [0.15, 0.2) is 0 Å². The van der Waals surface area contributed by atoms with Crippen LogP contribution in [0.1, 0.15) is 25.0 Å². The third-order valence-corrected chi connectivity index (χ3v) is 13.5. The Morgan fingerprint density at radius 1 is 0.323 bits per heavy atom. The highest BCUT2D eigenvalue weighted by Crippen LogP contribution is 2.52. The van der Waals surface area contributed by atoms with Gasteiger partial charge < -0.3 is 9.32 Å². The normalized spacial score (nSPS) is 12.6. The van der Waals surface area contributed by atoms with Crippen LogP contribution in [0.4, 0.5) is 17.1 Å². The van der Waals surface area contributed by atoms with E-state index in [4.69, 9.17) is 4.42 Å². The van der Waals surface area contributed by atoms with Crippen LogP contribution in [0.5, 0.6) is 0 Å². The van der Waals surface area contributed by atoms with E-state index in [1.807, 2.05) is 6.07 Å². The smallest absolute Gasteiger partial charge is 0.143 e. The minimum Gasteiger partial charge on any atom is -0.455 e. The summed E-state index contributed by atoms with van der Waals surface area (Å²) in [6.07, 6.45) is 0. The maximum absolute atomic E-state index is 6.58. The van der Waals surface area contributed by atoms with E-state index in [1.54, 1.807) is 0 Å². The first-order chi connectivity index (χ1) is 32.0. The number of nitrogens with zero attached hydrogens (tertiary/aromatic N) is 1. The number of para-hydroxylation sites is 3. The van der Waals surface area contributed by atoms with E-state index < -0.39 is 0 Å². The van der Waals surface area contributed by atoms with Crippen molar-refractivity contribution in [3.8, 4) is 66.8 Å². The van der Waals surface area contributed by atoms with Crippen molar-refractivity contribution in [1.29, 1.82) is 0 Å². The van der Waals surface area contributed by atoms with E-state index in [0.29, 0.717) is 0 Å². The minimum absolute atomic E-state index is 0.238. The third kappa shape index (κ3) is 6.65. The molecule has 1 heterocycles. The van der Waals surface area contributed by atoms with Gasteiger partial charge in [-0.25, -0.2) is 0 Å². The Morgan fingerprint density at radius 3 is 1.54 bits per heavy atom. The van der Waals surface area contributed by atoms with Gasteiger partial charge in [0.2, 0.25) is 0 Å². The zero-order chi connectivity index (χ0) is 43.5. The van der Waals surface area contributed by atoms with E-state index in [1.165, 1.54) is 55.6 Å². The zero-order valence-corrected chi connectivity index (χ0v) is 36.4. The standard InChI is InChI=1S/C63H45NO/c1-63(2)58-40-48(46-29-27-44(28-30-46)42-15-5-3-6-16-42)35-37-54(58)55-38-36-51(41-59(55)63)64(60-25-11-9-21-52(60)47-33-31-45(32-34-47)43-17-7-4-8-18-43)50-20-13-19-49(39-50)53-23-14-24-57-56-22-10-12-26-61(56)65-62(53)57/h3-41H,1-2H3. The topological polar surface area (TPSA) is 16.4 Å². The molecule has 0 aliphatic heterocycles. The largest absolute Gasteiger partial charge is 0.455 e. The van der Waals surface area contributed by atoms with Gasteiger partial charge in [-0.3, -0.25) is 0 Å². The predicted molar refractivity (Wildman–Crippen MR) is 273 cm³/mol. The first kappa shape index (κ1) is 38.5. The molecule has 0 N–H and O–H groups in total. The van der Waals surface area contributed by atoms with E-state index in [2.05, 4.69) is 249 Å². The molecule has 308 valence electrons. The lowest BCUT2D eigenvalue weighted by molar-refractivity contribution is 0.660. The summed E-state index contributed by atoms with van der Waals surface area (Å²) >= 11 is 0. The second-order valence-electron chi connectivity index (χ2n) is 17.7. The summed E-state index contributed by atoms with van der Waals surface area (Å²) < 4.78 is 6.58. The van der Waals surface area contributed by atoms with Gasteiger partial charge in [0.05, 0.1) is 5.69 Å². The van der Waals surface area contributed by atoms with Gasteiger partial charge >= 0.3 is 0 Å². The third-order valence-electron chi connectivity index (χ3n) is 13.5. The van der Waals surface area contributed by atoms with Gasteiger partial charge in [-0.15, -0.1) is 0 Å². The molecule has 65 heavy (non-hydrogen) atoms. The highest BCUT2D eigenvalue weighted by atomic mass is 16.3. The van der Waals surface area contributed by atoms with Crippen LogP contribution < -0.4 is 4.90 Å². The van der Waals surface area contributed by atoms with Crippen LogP contribution in [0.15, 0.2) is 241 Å². The van der Waals surface area contributed by atoms with Crippen molar-refractivity contribution in [3.05, 3.63) is 248 Å². The Labute approximate surface area is 380 Å². The Hall–Kier alpha value is -8.20. The van der Waals surface area contributed by atoms with Gasteiger partial charge in [-0.2, -0.15) is 0 Å². The molecular weight excluding hydrogens is 787 g/mol. The van der Waals surface area contributed by atoms with Crippen molar-refractivity contribution in [3.63, 3.8) is 0 Å². The summed E-state index contributed by atoms with van der Waals surface area (Å²) in [6, 6.07) is 85.8. The molecule has 11 aromatic rings. The Kier molecular flexibility index (Phi) is 9.21. The molecule has 10 aromatic carbocycles. The molecule has 1 aromatic heterocycles. The molecule has 0 spiro atoms. The molecule has 12 rings (SSSR count). The fraction of sp³-hybridized carbons (Fsp3) is 0.0476. The van der Waals surface area contributed by atoms with Crippen molar-refractivity contribution >= 4 is 39.0 Å². The molecule has 0 fully saturated rings. The lowest BCUT2D eigenvalue weighted by Crippen LogP contribution is -2.17. The Bertz CT molecular complexity index is 3540. The highest BCUT2D eigenvalue weighted by Gasteiger charge is 2.36. The number of hydrogen-bond donors (Lipinski definition) is 0. The van der Waals surface area contributed by atoms with Crippen LogP contribution in [0.2, 0.25) is 0 Å². The second kappa shape index (κ2) is 15.6. The number of hydrogen-bond acceptors (Lipinski definition) is 2. The molecule has 0 unspecified atom stereocenters. The zero-order valence-electron chi connectivity index (χ0n) is 36.4. The Balaban J connectivity index is 0.979. The number of furan rings is 1. The summed E-state index contributed by atoms with van der Waals surface area (Å²) in [5.41, 5.74) is 21.9. The van der Waals surface area contributed by atoms with Crippen LogP contribution >= 0.6 is 0 Å². The molecular formula is C63H45NO. The van der Waals surface area contributed by atoms with Crippen molar-refractivity contribution in [2.75, 3.05) is 4.90 Å². The first-order valence-electron chi connectivity index (χ1n) is 22.5. The molecule has 2 heteroatoms. The summed E-state index contributed by atoms with van der Waals surface area (Å²) in [6.45, 7) is 4.76. The maximum Gasteiger partial charge on any atom is 0.143 e. The van der Waals surface area contributed by atoms with Crippen molar-refractivity contribution in [2.45, 2.75) is 19.3 Å². The van der Waals surface area contributed by atoms with Gasteiger partial charge in [-0.05, 0) is 109 Å². The Morgan fingerprint density at radius 2 is 0.815 bits per heavy atom. The number of fused-ring (bicyclic) bond motifs is 6. The van der Waals surface area contributed by atoms with Gasteiger partial charge in [0, 0.05) is 38.7 Å². The van der Waals surface area contributed by atoms with Crippen LogP contribution in [-0.4, -0.2) is 0 Å². The summed E-state index contributed by atoms with van der Waals surface area (Å²) in [5.74, 6) is 0. The van der Waals surface area contributed by atoms with Crippen molar-refractivity contribution in [1.82, 2.24) is 0 Å². The fourth-order valence-electron chi connectivity index (χ4n) is 10.1. The second-order valence-corrected chi connectivity index (χ2v) is 17.7. The molecule has 0 saturated heterocycles. The molecule has 1 aliphatic carbocycles. The molecule has 1 aliphatic rings. The molecule has 0 radical (unpaired) electrons. The fourth-order valence-corrected chi connectivity index (χ4v) is 10.1. The number of benzene rings is 10. The average Bonchev–Trinajstić information content (AvgIpc) is 3.86. The van der Waals surface area contributed by atoms with Crippen LogP contribution in [0, 0.1) is 0 Å². The van der Waals surface area contributed by atoms with Crippen LogP contribution in [0.3, 0.4) is 0 Å². The van der Waals surface area contributed by atoms with E-state index >= 15 is 0 Å². The lowest BCUT2D eigenvalue weighted by Gasteiger charge is -2.30. The van der Waals surface area contributed by atoms with Crippen molar-refractivity contribution < 1.29 is 4.42 Å². The summed E-state index contributed by atoms with van der Waals surface area (Å²) in [7, 11) is 0. The monoisotopic (exact) mass is 831 g/mol. The average molecular weight is 832 g/mol. The SMILES string of the molecule is CC1(C)c2cc(-c3ccc(-c4ccccc4)cc3)ccc2-c2ccc(N(c3cccc(-c4cccc5c4oc4ccccc45)c3)c3ccccc3-c3ccc(-c4ccccc4)cc3)cc21. The predicted octanol–water partition coefficient (Wildman–Crippen LogP) is 17.7. The molecule has 0 atom stereocenters. The van der Waals surface area contributed by atoms with Crippen molar-refractivity contribution in [2.24, 2.45) is 0 Å². The van der Waals surface area contributed by atoms with E-state index in [-0.39, 0.29) is 5.41 Å². The van der Waals surface area contributed by atoms with Gasteiger partial charge in [-0.1, -0.05) is 208 Å². The van der Waals surface area contributed by atoms with E-state index in [0.717, 1.165) is 61.3 Å². The van der Waals surface area contributed by atoms with Gasteiger partial charge in [0.1, 0.15) is 11.2 Å². The maximum atomic E-state index is 6.58. The minimum atomic E-state index is -0.238. The first-order valence-corrected chi connectivity index (χ1v) is 22.5. The number of rotatable bonds is 8. The van der Waals surface area contributed by atoms with Crippen LogP contribution in [0.25, 0.3) is 88.7 Å².